The van der Waals surface area contributed by atoms with Crippen molar-refractivity contribution < 1.29 is 0 Å². The van der Waals surface area contributed by atoms with Gasteiger partial charge in [0.1, 0.15) is 0 Å². The lowest BCUT2D eigenvalue weighted by Crippen LogP contribution is -2.25. The summed E-state index contributed by atoms with van der Waals surface area (Å²) in [5, 5.41) is 0. The molecule has 0 bridgehead atoms. The molecule has 0 spiro atoms. The van der Waals surface area contributed by atoms with E-state index in [-0.39, 0.29) is 0 Å². The van der Waals surface area contributed by atoms with Crippen molar-refractivity contribution in [3.63, 3.8) is 0 Å². The Bertz CT molecular complexity index is 385. The molecule has 1 nitrogen and oxygen atoms in total. The predicted octanol–water partition coefficient (Wildman–Crippen LogP) is 5.43. The quantitative estimate of drug-likeness (QED) is 0.601. The van der Waals surface area contributed by atoms with Gasteiger partial charge in [0.2, 0.25) is 0 Å². The Balaban J connectivity index is 2.85. The molecule has 0 aliphatic heterocycles. The monoisotopic (exact) mass is 259 g/mol. The molecule has 0 N–H and O–H groups in total. The van der Waals surface area contributed by atoms with Crippen molar-refractivity contribution in [2.24, 2.45) is 0 Å². The van der Waals surface area contributed by atoms with E-state index < -0.39 is 0 Å². The van der Waals surface area contributed by atoms with Crippen molar-refractivity contribution in [1.82, 2.24) is 0 Å². The molecule has 0 amide bonds. The van der Waals surface area contributed by atoms with Gasteiger partial charge in [0.05, 0.1) is 0 Å². The van der Waals surface area contributed by atoms with Gasteiger partial charge in [-0.15, -0.1) is 0 Å². The summed E-state index contributed by atoms with van der Waals surface area (Å²) in [6.45, 7) is 11.2. The lowest BCUT2D eigenvalue weighted by molar-refractivity contribution is 0.678. The minimum Gasteiger partial charge on any atom is -0.372 e. The topological polar surface area (TPSA) is 3.24 Å². The van der Waals surface area contributed by atoms with E-state index in [9.17, 15) is 0 Å². The molecule has 0 heterocycles. The fourth-order valence-electron chi connectivity index (χ4n) is 2.29. The number of allylic oxidation sites excluding steroid dienone is 1. The third kappa shape index (κ3) is 5.10. The molecule has 1 aromatic rings. The zero-order valence-electron chi connectivity index (χ0n) is 13.1. The molecule has 0 saturated heterocycles. The van der Waals surface area contributed by atoms with E-state index in [2.05, 4.69) is 62.9 Å². The van der Waals surface area contributed by atoms with E-state index in [1.807, 2.05) is 0 Å². The van der Waals surface area contributed by atoms with E-state index in [1.165, 1.54) is 55.6 Å². The van der Waals surface area contributed by atoms with Crippen LogP contribution in [0.15, 0.2) is 24.3 Å². The number of hydrogen-bond donors (Lipinski definition) is 0. The van der Waals surface area contributed by atoms with Crippen molar-refractivity contribution in [3.8, 4) is 0 Å². The molecule has 0 unspecified atom stereocenters. The SMILES string of the molecule is C/C=C/c1ccc(N(CCCC)CCCC)cc1C. The van der Waals surface area contributed by atoms with Gasteiger partial charge in [-0.05, 0) is 49.9 Å². The van der Waals surface area contributed by atoms with E-state index in [0.29, 0.717) is 0 Å². The number of rotatable bonds is 8. The molecule has 106 valence electrons. The number of unbranched alkanes of at least 4 members (excludes halogenated alkanes) is 2. The highest BCUT2D eigenvalue weighted by Crippen LogP contribution is 2.21. The summed E-state index contributed by atoms with van der Waals surface area (Å²) in [5.74, 6) is 0. The first-order valence-electron chi connectivity index (χ1n) is 7.71. The molecular formula is C18H29N. The van der Waals surface area contributed by atoms with Gasteiger partial charge in [-0.2, -0.15) is 0 Å². The largest absolute Gasteiger partial charge is 0.372 e. The van der Waals surface area contributed by atoms with Crippen molar-refractivity contribution in [1.29, 1.82) is 0 Å². The number of anilines is 1. The highest BCUT2D eigenvalue weighted by molar-refractivity contribution is 5.60. The average molecular weight is 259 g/mol. The average Bonchev–Trinajstić information content (AvgIpc) is 2.41. The van der Waals surface area contributed by atoms with E-state index in [4.69, 9.17) is 0 Å². The van der Waals surface area contributed by atoms with Gasteiger partial charge in [0, 0.05) is 18.8 Å². The summed E-state index contributed by atoms with van der Waals surface area (Å²) < 4.78 is 0. The fraction of sp³-hybridized carbons (Fsp3) is 0.556. The van der Waals surface area contributed by atoms with Gasteiger partial charge in [0.25, 0.3) is 0 Å². The lowest BCUT2D eigenvalue weighted by atomic mass is 10.1. The van der Waals surface area contributed by atoms with Gasteiger partial charge >= 0.3 is 0 Å². The zero-order valence-corrected chi connectivity index (χ0v) is 13.1. The third-order valence-corrected chi connectivity index (χ3v) is 3.53. The molecule has 0 aromatic heterocycles. The Labute approximate surface area is 119 Å². The smallest absolute Gasteiger partial charge is 0.0369 e. The maximum Gasteiger partial charge on any atom is 0.0369 e. The fourth-order valence-corrected chi connectivity index (χ4v) is 2.29. The predicted molar refractivity (Wildman–Crippen MR) is 87.9 cm³/mol. The molecule has 0 radical (unpaired) electrons. The van der Waals surface area contributed by atoms with Crippen LogP contribution in [0.2, 0.25) is 0 Å². The van der Waals surface area contributed by atoms with Gasteiger partial charge in [0.15, 0.2) is 0 Å². The van der Waals surface area contributed by atoms with Crippen LogP contribution in [-0.4, -0.2) is 13.1 Å². The summed E-state index contributed by atoms with van der Waals surface area (Å²) in [6.07, 6.45) is 9.37. The number of nitrogens with zero attached hydrogens (tertiary/aromatic N) is 1. The number of benzene rings is 1. The summed E-state index contributed by atoms with van der Waals surface area (Å²) in [7, 11) is 0. The summed E-state index contributed by atoms with van der Waals surface area (Å²) >= 11 is 0. The van der Waals surface area contributed by atoms with Gasteiger partial charge in [-0.25, -0.2) is 0 Å². The zero-order chi connectivity index (χ0) is 14.1. The summed E-state index contributed by atoms with van der Waals surface area (Å²) in [5.41, 5.74) is 4.08. The van der Waals surface area contributed by atoms with Crippen LogP contribution in [0.5, 0.6) is 0 Å². The maximum absolute atomic E-state index is 2.54. The summed E-state index contributed by atoms with van der Waals surface area (Å²) in [6, 6.07) is 6.85. The van der Waals surface area contributed by atoms with Crippen LogP contribution in [-0.2, 0) is 0 Å². The van der Waals surface area contributed by atoms with Crippen molar-refractivity contribution in [2.75, 3.05) is 18.0 Å². The van der Waals surface area contributed by atoms with Gasteiger partial charge < -0.3 is 4.90 Å². The lowest BCUT2D eigenvalue weighted by Gasteiger charge is -2.25. The maximum atomic E-state index is 2.54. The minimum atomic E-state index is 1.18. The van der Waals surface area contributed by atoms with Crippen LogP contribution >= 0.6 is 0 Å². The van der Waals surface area contributed by atoms with Crippen LogP contribution in [0.25, 0.3) is 6.08 Å². The molecule has 0 saturated carbocycles. The normalized spacial score (nSPS) is 11.2. The van der Waals surface area contributed by atoms with Crippen LogP contribution in [0.4, 0.5) is 5.69 Å². The van der Waals surface area contributed by atoms with E-state index in [0.717, 1.165) is 0 Å². The van der Waals surface area contributed by atoms with Crippen LogP contribution in [0.3, 0.4) is 0 Å². The molecule has 1 heteroatoms. The second kappa shape index (κ2) is 8.79. The van der Waals surface area contributed by atoms with Gasteiger partial charge in [-0.1, -0.05) is 44.9 Å². The van der Waals surface area contributed by atoms with Crippen LogP contribution < -0.4 is 4.90 Å². The summed E-state index contributed by atoms with van der Waals surface area (Å²) in [4.78, 5) is 2.54. The van der Waals surface area contributed by atoms with Crippen molar-refractivity contribution in [2.45, 2.75) is 53.4 Å². The molecule has 0 fully saturated rings. The Morgan fingerprint density at radius 3 is 2.16 bits per heavy atom. The molecule has 19 heavy (non-hydrogen) atoms. The molecule has 0 atom stereocenters. The van der Waals surface area contributed by atoms with Gasteiger partial charge in [-0.3, -0.25) is 0 Å². The second-order valence-corrected chi connectivity index (χ2v) is 5.24. The molecule has 0 aliphatic rings. The molecule has 0 aliphatic carbocycles. The minimum absolute atomic E-state index is 1.18. The third-order valence-electron chi connectivity index (χ3n) is 3.53. The Hall–Kier alpha value is -1.24. The first-order valence-corrected chi connectivity index (χ1v) is 7.71. The van der Waals surface area contributed by atoms with Crippen LogP contribution in [0.1, 0.15) is 57.6 Å². The molecular weight excluding hydrogens is 230 g/mol. The van der Waals surface area contributed by atoms with E-state index >= 15 is 0 Å². The first kappa shape index (κ1) is 15.8. The Morgan fingerprint density at radius 1 is 1.05 bits per heavy atom. The Kier molecular flexibility index (Phi) is 7.32. The van der Waals surface area contributed by atoms with Crippen molar-refractivity contribution in [3.05, 3.63) is 35.4 Å². The number of hydrogen-bond acceptors (Lipinski definition) is 1. The first-order chi connectivity index (χ1) is 9.22. The van der Waals surface area contributed by atoms with Crippen molar-refractivity contribution >= 4 is 11.8 Å². The highest BCUT2D eigenvalue weighted by atomic mass is 15.1. The van der Waals surface area contributed by atoms with Crippen LogP contribution in [0, 0.1) is 6.92 Å². The van der Waals surface area contributed by atoms with E-state index in [1.54, 1.807) is 0 Å². The Morgan fingerprint density at radius 2 is 1.68 bits per heavy atom. The standard InChI is InChI=1S/C18H29N/c1-5-8-13-19(14-9-6-2)18-12-11-17(10-7-3)16(4)15-18/h7,10-12,15H,5-6,8-9,13-14H2,1-4H3/b10-7+. The second-order valence-electron chi connectivity index (χ2n) is 5.24. The molecule has 1 rings (SSSR count). The number of aryl methyl sites for hydroxylation is 1. The highest BCUT2D eigenvalue weighted by Gasteiger charge is 2.06. The molecule has 1 aromatic carbocycles.